The highest BCUT2D eigenvalue weighted by Crippen LogP contribution is 2.09. The average molecular weight is 567 g/mol. The highest BCUT2D eigenvalue weighted by molar-refractivity contribution is 5.74. The van der Waals surface area contributed by atoms with Crippen LogP contribution in [0, 0.1) is 0 Å². The quantitative estimate of drug-likeness (QED) is 0.257. The van der Waals surface area contributed by atoms with Crippen LogP contribution in [0.1, 0.15) is 54.4 Å². The van der Waals surface area contributed by atoms with Gasteiger partial charge in [0.05, 0.1) is 19.6 Å². The number of nitrogens with zero attached hydrogens (tertiary/aromatic N) is 4. The number of rotatable bonds is 11. The Balaban J connectivity index is -0.000000697. The van der Waals surface area contributed by atoms with E-state index in [0.717, 1.165) is 13.4 Å². The van der Waals surface area contributed by atoms with Gasteiger partial charge in [0, 0.05) is 65.9 Å². The fourth-order valence-corrected chi connectivity index (χ4v) is 3.54. The van der Waals surface area contributed by atoms with Gasteiger partial charge in [-0.2, -0.15) is 0 Å². The summed E-state index contributed by atoms with van der Waals surface area (Å²) in [5, 5.41) is 35.0. The van der Waals surface area contributed by atoms with E-state index in [1.165, 1.54) is 0 Å². The first-order valence-electron chi connectivity index (χ1n) is 13.7. The number of carboxylic acids is 3. The summed E-state index contributed by atoms with van der Waals surface area (Å²) in [4.78, 5) is 62.9. The Morgan fingerprint density at radius 2 is 1.00 bits per heavy atom. The fraction of sp³-hybridized carbons (Fsp3) is 0.808. The molecule has 1 unspecified atom stereocenters. The van der Waals surface area contributed by atoms with E-state index in [1.54, 1.807) is 14.7 Å². The molecule has 13 heteroatoms. The first-order valence-corrected chi connectivity index (χ1v) is 13.7. The Labute approximate surface area is 234 Å². The molecule has 1 rings (SSSR count). The van der Waals surface area contributed by atoms with Crippen LogP contribution >= 0.6 is 0 Å². The van der Waals surface area contributed by atoms with Crippen LogP contribution in [0.3, 0.4) is 0 Å². The number of hydrogen-bond acceptors (Lipinski definition) is 10. The summed E-state index contributed by atoms with van der Waals surface area (Å²) in [6, 6.07) is -0.901. The minimum absolute atomic E-state index is 0.0918. The number of aliphatic hydroxyl groups is 1. The summed E-state index contributed by atoms with van der Waals surface area (Å²) in [6.07, 6.45) is 1.64. The van der Waals surface area contributed by atoms with Crippen LogP contribution < -0.4 is 0 Å². The lowest BCUT2D eigenvalue weighted by atomic mass is 10.1. The van der Waals surface area contributed by atoms with Gasteiger partial charge in [0.1, 0.15) is 18.6 Å². The molecule has 1 heterocycles. The molecule has 0 spiro atoms. The lowest BCUT2D eigenvalue weighted by Crippen LogP contribution is -2.51. The largest absolute Gasteiger partial charge is 0.480 e. The van der Waals surface area contributed by atoms with Gasteiger partial charge < -0.3 is 30.0 Å². The van der Waals surface area contributed by atoms with Gasteiger partial charge in [-0.05, 0) is 6.42 Å². The van der Waals surface area contributed by atoms with E-state index in [2.05, 4.69) is 0 Å². The standard InChI is InChI=1S/C19H32N4O8.3C2H6.CH4O/c24-12-1-2-16(19(30)31)23-9-7-20(11-13-25)3-4-21(14-17(26)27)5-6-22(8-10-23)15-18(28)29;4*1-2/h12-13,16H,1-11,14-15H2,(H,26,27)(H,28,29)(H,30,31);3*1-2H3;2H,1H3. The molecule has 0 aromatic heterocycles. The molecule has 13 nitrogen and oxygen atoms in total. The van der Waals surface area contributed by atoms with Crippen molar-refractivity contribution in [2.24, 2.45) is 0 Å². The Morgan fingerprint density at radius 1 is 0.641 bits per heavy atom. The third-order valence-corrected chi connectivity index (χ3v) is 5.21. The van der Waals surface area contributed by atoms with Gasteiger partial charge in [0.15, 0.2) is 0 Å². The number of carbonyl (C=O) groups excluding carboxylic acids is 2. The van der Waals surface area contributed by atoms with E-state index in [-0.39, 0.29) is 45.6 Å². The van der Waals surface area contributed by atoms with Gasteiger partial charge in [-0.3, -0.25) is 34.0 Å². The Bertz CT molecular complexity index is 624. The number of aldehydes is 2. The molecule has 1 aliphatic rings. The lowest BCUT2D eigenvalue weighted by Gasteiger charge is -2.35. The minimum atomic E-state index is -1.06. The second-order valence-corrected chi connectivity index (χ2v) is 7.44. The zero-order valence-electron chi connectivity index (χ0n) is 25.0. The molecule has 0 aromatic carbocycles. The summed E-state index contributed by atoms with van der Waals surface area (Å²) in [5.74, 6) is -3.09. The molecule has 232 valence electrons. The van der Waals surface area contributed by atoms with Crippen LogP contribution in [0.25, 0.3) is 0 Å². The fourth-order valence-electron chi connectivity index (χ4n) is 3.54. The molecule has 1 atom stereocenters. The van der Waals surface area contributed by atoms with Crippen molar-refractivity contribution >= 4 is 30.5 Å². The zero-order chi connectivity index (χ0) is 31.2. The topological polar surface area (TPSA) is 179 Å². The summed E-state index contributed by atoms with van der Waals surface area (Å²) in [7, 11) is 1.00. The van der Waals surface area contributed by atoms with Crippen molar-refractivity contribution in [1.29, 1.82) is 0 Å². The zero-order valence-corrected chi connectivity index (χ0v) is 25.0. The Kier molecular flexibility index (Phi) is 35.5. The van der Waals surface area contributed by atoms with Gasteiger partial charge in [0.2, 0.25) is 0 Å². The molecule has 1 aliphatic heterocycles. The Hall–Kier alpha value is -2.45. The molecule has 39 heavy (non-hydrogen) atoms. The van der Waals surface area contributed by atoms with E-state index in [4.69, 9.17) is 10.2 Å². The molecule has 1 fully saturated rings. The predicted octanol–water partition coefficient (Wildman–Crippen LogP) is 0.696. The van der Waals surface area contributed by atoms with Crippen molar-refractivity contribution in [3.8, 4) is 0 Å². The first-order chi connectivity index (χ1) is 18.8. The third-order valence-electron chi connectivity index (χ3n) is 5.21. The predicted molar refractivity (Wildman–Crippen MR) is 151 cm³/mol. The van der Waals surface area contributed by atoms with Crippen molar-refractivity contribution in [1.82, 2.24) is 19.6 Å². The molecule has 0 amide bonds. The first kappa shape index (κ1) is 43.6. The van der Waals surface area contributed by atoms with Crippen molar-refractivity contribution < 1.29 is 44.4 Å². The molecular formula is C26H54N4O9. The molecule has 4 N–H and O–H groups in total. The molecular weight excluding hydrogens is 512 g/mol. The molecule has 0 aromatic rings. The van der Waals surface area contributed by atoms with Crippen LogP contribution in [0.15, 0.2) is 0 Å². The molecule has 0 aliphatic carbocycles. The van der Waals surface area contributed by atoms with E-state index in [9.17, 15) is 34.2 Å². The number of carbonyl (C=O) groups is 5. The number of aliphatic carboxylic acids is 3. The lowest BCUT2D eigenvalue weighted by molar-refractivity contribution is -0.144. The summed E-state index contributed by atoms with van der Waals surface area (Å²) in [5.41, 5.74) is 0. The van der Waals surface area contributed by atoms with Crippen LogP contribution in [0.5, 0.6) is 0 Å². The number of aliphatic hydroxyl groups excluding tert-OH is 1. The van der Waals surface area contributed by atoms with E-state index >= 15 is 0 Å². The van der Waals surface area contributed by atoms with Crippen LogP contribution in [-0.4, -0.2) is 156 Å². The number of carboxylic acid groups (broad SMARTS) is 3. The summed E-state index contributed by atoms with van der Waals surface area (Å²) < 4.78 is 0. The smallest absolute Gasteiger partial charge is 0.320 e. The van der Waals surface area contributed by atoms with Gasteiger partial charge in [-0.15, -0.1) is 0 Å². The maximum absolute atomic E-state index is 11.8. The van der Waals surface area contributed by atoms with Crippen LogP contribution in [-0.2, 0) is 24.0 Å². The highest BCUT2D eigenvalue weighted by atomic mass is 16.4. The van der Waals surface area contributed by atoms with E-state index < -0.39 is 23.9 Å². The van der Waals surface area contributed by atoms with Crippen molar-refractivity contribution in [2.75, 3.05) is 79.1 Å². The molecule has 0 radical (unpaired) electrons. The Morgan fingerprint density at radius 3 is 1.33 bits per heavy atom. The third kappa shape index (κ3) is 24.3. The summed E-state index contributed by atoms with van der Waals surface area (Å²) >= 11 is 0. The van der Waals surface area contributed by atoms with Gasteiger partial charge in [0.25, 0.3) is 0 Å². The second kappa shape index (κ2) is 31.8. The van der Waals surface area contributed by atoms with Crippen molar-refractivity contribution in [2.45, 2.75) is 60.4 Å². The second-order valence-electron chi connectivity index (χ2n) is 7.44. The average Bonchev–Trinajstić information content (AvgIpc) is 2.93. The van der Waals surface area contributed by atoms with Crippen LogP contribution in [0.4, 0.5) is 0 Å². The maximum atomic E-state index is 11.8. The van der Waals surface area contributed by atoms with Crippen LogP contribution in [0.2, 0.25) is 0 Å². The molecule has 1 saturated heterocycles. The normalized spacial score (nSPS) is 16.2. The van der Waals surface area contributed by atoms with Crippen molar-refractivity contribution in [3.05, 3.63) is 0 Å². The van der Waals surface area contributed by atoms with Crippen molar-refractivity contribution in [3.63, 3.8) is 0 Å². The highest BCUT2D eigenvalue weighted by Gasteiger charge is 2.27. The monoisotopic (exact) mass is 566 g/mol. The van der Waals surface area contributed by atoms with Gasteiger partial charge in [-0.1, -0.05) is 41.5 Å². The summed E-state index contributed by atoms with van der Waals surface area (Å²) in [6.45, 7) is 14.3. The van der Waals surface area contributed by atoms with Gasteiger partial charge in [-0.25, -0.2) is 0 Å². The minimum Gasteiger partial charge on any atom is -0.480 e. The van der Waals surface area contributed by atoms with E-state index in [0.29, 0.717) is 45.6 Å². The maximum Gasteiger partial charge on any atom is 0.320 e. The van der Waals surface area contributed by atoms with E-state index in [1.807, 2.05) is 46.4 Å². The van der Waals surface area contributed by atoms with Gasteiger partial charge >= 0.3 is 17.9 Å². The molecule has 0 bridgehead atoms. The number of hydrogen-bond donors (Lipinski definition) is 4. The molecule has 0 saturated carbocycles. The SMILES string of the molecule is CC.CC.CC.CO.O=CCCC(C(=O)O)N1CCN(CC=O)CCN(CC(=O)O)CCN(CC(=O)O)CC1.